The summed E-state index contributed by atoms with van der Waals surface area (Å²) < 4.78 is 5.44. The van der Waals surface area contributed by atoms with Gasteiger partial charge in [-0.3, -0.25) is 9.69 Å². The first-order chi connectivity index (χ1) is 13.4. The Bertz CT molecular complexity index is 625. The molecule has 0 aromatic heterocycles. The van der Waals surface area contributed by atoms with E-state index in [4.69, 9.17) is 20.5 Å². The normalized spacial score (nSPS) is 17.2. The molecule has 1 fully saturated rings. The summed E-state index contributed by atoms with van der Waals surface area (Å²) in [4.78, 5) is 16.2. The number of nitrogens with two attached hydrogens (primary N) is 1. The number of aliphatic carboxylic acids is 1. The van der Waals surface area contributed by atoms with Crippen LogP contribution in [0.25, 0.3) is 0 Å². The van der Waals surface area contributed by atoms with Crippen LogP contribution in [0.15, 0.2) is 24.3 Å². The zero-order valence-electron chi connectivity index (χ0n) is 16.6. The van der Waals surface area contributed by atoms with E-state index in [-0.39, 0.29) is 6.32 Å². The number of benzene rings is 1. The average Bonchev–Trinajstić information content (AvgIpc) is 2.70. The lowest BCUT2D eigenvalue weighted by Crippen LogP contribution is -2.52. The summed E-state index contributed by atoms with van der Waals surface area (Å²) in [5, 5.41) is 27.3. The number of ether oxygens (including phenoxy) is 1. The van der Waals surface area contributed by atoms with Gasteiger partial charge in [0, 0.05) is 32.7 Å². The summed E-state index contributed by atoms with van der Waals surface area (Å²) >= 11 is 0. The van der Waals surface area contributed by atoms with Crippen molar-refractivity contribution in [2.75, 3.05) is 44.7 Å². The molecule has 0 saturated carbocycles. The van der Waals surface area contributed by atoms with Crippen molar-refractivity contribution < 1.29 is 24.7 Å². The van der Waals surface area contributed by atoms with E-state index >= 15 is 0 Å². The first kappa shape index (κ1) is 22.5. The van der Waals surface area contributed by atoms with Gasteiger partial charge in [0.15, 0.2) is 0 Å². The summed E-state index contributed by atoms with van der Waals surface area (Å²) in [5.74, 6) is -0.138. The molecule has 28 heavy (non-hydrogen) atoms. The Morgan fingerprint density at radius 3 is 2.46 bits per heavy atom. The Kier molecular flexibility index (Phi) is 8.56. The van der Waals surface area contributed by atoms with Crippen LogP contribution in [0.1, 0.15) is 25.7 Å². The minimum Gasteiger partial charge on any atom is -0.495 e. The third kappa shape index (κ3) is 6.37. The van der Waals surface area contributed by atoms with Gasteiger partial charge in [0.25, 0.3) is 0 Å². The molecule has 1 saturated heterocycles. The lowest BCUT2D eigenvalue weighted by molar-refractivity contribution is -0.144. The first-order valence-corrected chi connectivity index (χ1v) is 9.84. The Morgan fingerprint density at radius 1 is 1.18 bits per heavy atom. The third-order valence-electron chi connectivity index (χ3n) is 5.43. The summed E-state index contributed by atoms with van der Waals surface area (Å²) in [7, 11) is 0.319. The number of hydrogen-bond donors (Lipinski definition) is 4. The number of nitrogens with zero attached hydrogens (tertiary/aromatic N) is 2. The molecule has 5 N–H and O–H groups in total. The largest absolute Gasteiger partial charge is 0.495 e. The molecule has 1 aliphatic heterocycles. The Labute approximate surface area is 167 Å². The zero-order chi connectivity index (χ0) is 20.6. The van der Waals surface area contributed by atoms with Gasteiger partial charge in [-0.1, -0.05) is 25.0 Å². The van der Waals surface area contributed by atoms with E-state index in [1.165, 1.54) is 0 Å². The van der Waals surface area contributed by atoms with Crippen LogP contribution in [0.3, 0.4) is 0 Å². The highest BCUT2D eigenvalue weighted by Gasteiger charge is 2.34. The summed E-state index contributed by atoms with van der Waals surface area (Å²) in [6.07, 6.45) is 2.04. The third-order valence-corrected chi connectivity index (χ3v) is 5.43. The van der Waals surface area contributed by atoms with E-state index in [2.05, 4.69) is 9.80 Å². The minimum atomic E-state index is -1.35. The van der Waals surface area contributed by atoms with Crippen molar-refractivity contribution in [2.24, 2.45) is 5.73 Å². The summed E-state index contributed by atoms with van der Waals surface area (Å²) in [5.41, 5.74) is 5.95. The van der Waals surface area contributed by atoms with Crippen molar-refractivity contribution in [1.82, 2.24) is 4.90 Å². The maximum absolute atomic E-state index is 11.7. The molecule has 1 heterocycles. The monoisotopic (exact) mass is 393 g/mol. The second-order valence-electron chi connectivity index (χ2n) is 7.44. The number of hydrogen-bond acceptors (Lipinski definition) is 7. The number of unbranched alkanes of at least 4 members (excludes halogenated alkanes) is 1. The van der Waals surface area contributed by atoms with Crippen molar-refractivity contribution in [2.45, 2.75) is 37.5 Å². The molecule has 0 radical (unpaired) electrons. The molecule has 1 atom stereocenters. The molecule has 0 bridgehead atoms. The van der Waals surface area contributed by atoms with Gasteiger partial charge in [-0.05, 0) is 31.3 Å². The SMILES string of the molecule is COc1ccccc1N1CCN(CCC(N)(CCCCB(O)O)C(=O)O)CC1. The number of para-hydroxylation sites is 2. The van der Waals surface area contributed by atoms with Gasteiger partial charge in [-0.2, -0.15) is 0 Å². The highest BCUT2D eigenvalue weighted by molar-refractivity contribution is 6.40. The predicted octanol–water partition coefficient (Wildman–Crippen LogP) is 0.633. The summed E-state index contributed by atoms with van der Waals surface area (Å²) in [6, 6.07) is 7.95. The fourth-order valence-corrected chi connectivity index (χ4v) is 3.57. The number of piperazine rings is 1. The highest BCUT2D eigenvalue weighted by Crippen LogP contribution is 2.28. The van der Waals surface area contributed by atoms with Crippen LogP contribution < -0.4 is 15.4 Å². The topological polar surface area (TPSA) is 119 Å². The highest BCUT2D eigenvalue weighted by atomic mass is 16.5. The van der Waals surface area contributed by atoms with Gasteiger partial charge in [-0.15, -0.1) is 0 Å². The number of anilines is 1. The number of rotatable bonds is 11. The van der Waals surface area contributed by atoms with Crippen LogP contribution in [0, 0.1) is 0 Å². The van der Waals surface area contributed by atoms with Crippen molar-refractivity contribution in [3.63, 3.8) is 0 Å². The molecule has 1 aromatic carbocycles. The van der Waals surface area contributed by atoms with E-state index in [1.54, 1.807) is 7.11 Å². The van der Waals surface area contributed by atoms with Gasteiger partial charge < -0.3 is 30.5 Å². The van der Waals surface area contributed by atoms with E-state index < -0.39 is 18.6 Å². The molecule has 1 aromatic rings. The molecule has 1 aliphatic rings. The lowest BCUT2D eigenvalue weighted by atomic mass is 9.81. The molecular formula is C19H32BN3O5. The van der Waals surface area contributed by atoms with Crippen LogP contribution in [-0.2, 0) is 4.79 Å². The maximum atomic E-state index is 11.7. The van der Waals surface area contributed by atoms with E-state index in [9.17, 15) is 9.90 Å². The number of carboxylic acid groups (broad SMARTS) is 1. The van der Waals surface area contributed by atoms with Crippen molar-refractivity contribution in [3.8, 4) is 5.75 Å². The van der Waals surface area contributed by atoms with Crippen LogP contribution in [0.4, 0.5) is 5.69 Å². The second-order valence-corrected chi connectivity index (χ2v) is 7.44. The van der Waals surface area contributed by atoms with Crippen LogP contribution in [0.5, 0.6) is 5.75 Å². The maximum Gasteiger partial charge on any atom is 0.451 e. The van der Waals surface area contributed by atoms with E-state index in [0.29, 0.717) is 32.2 Å². The summed E-state index contributed by atoms with van der Waals surface area (Å²) in [6.45, 7) is 4.00. The van der Waals surface area contributed by atoms with Gasteiger partial charge in [0.2, 0.25) is 0 Å². The van der Waals surface area contributed by atoms with Gasteiger partial charge in [0.05, 0.1) is 12.8 Å². The molecule has 1 unspecified atom stereocenters. The quantitative estimate of drug-likeness (QED) is 0.319. The lowest BCUT2D eigenvalue weighted by Gasteiger charge is -2.37. The Hall–Kier alpha value is -1.81. The molecule has 9 heteroatoms. The smallest absolute Gasteiger partial charge is 0.451 e. The molecule has 8 nitrogen and oxygen atoms in total. The van der Waals surface area contributed by atoms with Crippen molar-refractivity contribution in [1.29, 1.82) is 0 Å². The van der Waals surface area contributed by atoms with Crippen LogP contribution in [0.2, 0.25) is 6.32 Å². The molecular weight excluding hydrogens is 361 g/mol. The fraction of sp³-hybridized carbons (Fsp3) is 0.632. The second kappa shape index (κ2) is 10.7. The predicted molar refractivity (Wildman–Crippen MR) is 110 cm³/mol. The van der Waals surface area contributed by atoms with E-state index in [0.717, 1.165) is 37.6 Å². The fourth-order valence-electron chi connectivity index (χ4n) is 3.57. The molecule has 0 spiro atoms. The first-order valence-electron chi connectivity index (χ1n) is 9.84. The molecule has 156 valence electrons. The molecule has 2 rings (SSSR count). The minimum absolute atomic E-state index is 0.237. The average molecular weight is 393 g/mol. The number of carbonyl (C=O) groups is 1. The van der Waals surface area contributed by atoms with E-state index in [1.807, 2.05) is 24.3 Å². The van der Waals surface area contributed by atoms with Gasteiger partial charge in [0.1, 0.15) is 11.3 Å². The van der Waals surface area contributed by atoms with Crippen LogP contribution in [-0.4, -0.2) is 78.5 Å². The number of carboxylic acids is 1. The van der Waals surface area contributed by atoms with Gasteiger partial charge in [-0.25, -0.2) is 0 Å². The Morgan fingerprint density at radius 2 is 1.86 bits per heavy atom. The molecule has 0 aliphatic carbocycles. The van der Waals surface area contributed by atoms with Crippen LogP contribution >= 0.6 is 0 Å². The Balaban J connectivity index is 1.81. The number of methoxy groups -OCH3 is 1. The van der Waals surface area contributed by atoms with Crippen molar-refractivity contribution >= 4 is 18.8 Å². The molecule has 0 amide bonds. The standard InChI is InChI=1S/C19H32BN3O5/c1-28-17-7-3-2-6-16(17)23-14-12-22(13-15-23)11-9-19(21,18(24)25)8-4-5-10-20(26)27/h2-3,6-7,26-27H,4-5,8-15,21H2,1H3,(H,24,25). The van der Waals surface area contributed by atoms with Crippen molar-refractivity contribution in [3.05, 3.63) is 24.3 Å². The zero-order valence-corrected chi connectivity index (χ0v) is 16.6. The van der Waals surface area contributed by atoms with Gasteiger partial charge >= 0.3 is 13.1 Å².